The third-order valence-corrected chi connectivity index (χ3v) is 10.0. The lowest BCUT2D eigenvalue weighted by atomic mass is 9.47. The highest BCUT2D eigenvalue weighted by Crippen LogP contribution is 2.67. The number of aliphatic carboxylic acids is 1. The molecule has 0 aromatic heterocycles. The molecule has 1 N–H and O–H groups in total. The Kier molecular flexibility index (Phi) is 5.79. The molecule has 4 rings (SSSR count). The van der Waals surface area contributed by atoms with Gasteiger partial charge >= 0.3 is 5.97 Å². The Morgan fingerprint density at radius 1 is 1.13 bits per heavy atom. The molecule has 0 heterocycles. The number of hydrogen-bond donors (Lipinski definition) is 1. The number of carbonyl (C=O) groups excluding carboxylic acids is 1. The lowest BCUT2D eigenvalue weighted by Crippen LogP contribution is -2.50. The summed E-state index contributed by atoms with van der Waals surface area (Å²) in [5.74, 6) is 3.03. The summed E-state index contributed by atoms with van der Waals surface area (Å²) < 4.78 is 0. The Labute approximate surface area is 182 Å². The van der Waals surface area contributed by atoms with Crippen molar-refractivity contribution in [3.63, 3.8) is 0 Å². The zero-order valence-corrected chi connectivity index (χ0v) is 19.3. The van der Waals surface area contributed by atoms with Crippen molar-refractivity contribution in [1.29, 1.82) is 0 Å². The number of carboxylic acids is 1. The zero-order chi connectivity index (χ0) is 21.7. The smallest absolute Gasteiger partial charge is 0.306 e. The molecule has 0 spiro atoms. The number of ketones is 1. The van der Waals surface area contributed by atoms with Crippen LogP contribution in [0, 0.1) is 46.3 Å². The maximum absolute atomic E-state index is 11.9. The minimum absolute atomic E-state index is 0.0921. The van der Waals surface area contributed by atoms with Gasteiger partial charge in [-0.3, -0.25) is 9.59 Å². The van der Waals surface area contributed by atoms with Crippen LogP contribution in [-0.2, 0) is 9.59 Å². The number of fused-ring (bicyclic) bond motifs is 5. The first-order valence-electron chi connectivity index (χ1n) is 12.3. The molecular formula is C27H40O3. The quantitative estimate of drug-likeness (QED) is 0.546. The summed E-state index contributed by atoms with van der Waals surface area (Å²) in [4.78, 5) is 23.1. The van der Waals surface area contributed by atoms with Gasteiger partial charge in [0.2, 0.25) is 0 Å². The van der Waals surface area contributed by atoms with Gasteiger partial charge in [-0.15, -0.1) is 0 Å². The largest absolute Gasteiger partial charge is 0.481 e. The molecule has 30 heavy (non-hydrogen) atoms. The average molecular weight is 413 g/mol. The minimum Gasteiger partial charge on any atom is -0.481 e. The highest BCUT2D eigenvalue weighted by molar-refractivity contribution is 6.01. The second-order valence-electron chi connectivity index (χ2n) is 11.5. The van der Waals surface area contributed by atoms with Crippen LogP contribution in [0.25, 0.3) is 0 Å². The third-order valence-electron chi connectivity index (χ3n) is 10.0. The Hall–Kier alpha value is -1.38. The average Bonchev–Trinajstić information content (AvgIpc) is 3.05. The highest BCUT2D eigenvalue weighted by Gasteiger charge is 2.58. The van der Waals surface area contributed by atoms with Crippen LogP contribution in [-0.4, -0.2) is 16.9 Å². The summed E-state index contributed by atoms with van der Waals surface area (Å²) in [6, 6.07) is 0. The Morgan fingerprint density at radius 2 is 1.90 bits per heavy atom. The van der Waals surface area contributed by atoms with Gasteiger partial charge in [0.1, 0.15) is 0 Å². The molecule has 3 saturated carbocycles. The molecule has 3 heteroatoms. The molecule has 0 saturated heterocycles. The van der Waals surface area contributed by atoms with Crippen LogP contribution < -0.4 is 0 Å². The summed E-state index contributed by atoms with van der Waals surface area (Å²) in [5, 5.41) is 9.15. The van der Waals surface area contributed by atoms with Crippen LogP contribution in [0.4, 0.5) is 0 Å². The van der Waals surface area contributed by atoms with Crippen molar-refractivity contribution in [2.75, 3.05) is 0 Å². The topological polar surface area (TPSA) is 54.4 Å². The van der Waals surface area contributed by atoms with Gasteiger partial charge in [0.25, 0.3) is 0 Å². The monoisotopic (exact) mass is 412 g/mol. The van der Waals surface area contributed by atoms with E-state index in [0.29, 0.717) is 17.3 Å². The van der Waals surface area contributed by atoms with E-state index in [0.717, 1.165) is 43.4 Å². The lowest BCUT2D eigenvalue weighted by Gasteiger charge is -2.57. The molecule has 0 aliphatic heterocycles. The van der Waals surface area contributed by atoms with Crippen molar-refractivity contribution in [3.05, 3.63) is 23.8 Å². The maximum Gasteiger partial charge on any atom is 0.306 e. The second-order valence-corrected chi connectivity index (χ2v) is 11.5. The van der Waals surface area contributed by atoms with Gasteiger partial charge in [-0.1, -0.05) is 52.2 Å². The first-order chi connectivity index (χ1) is 14.2. The van der Waals surface area contributed by atoms with Crippen molar-refractivity contribution >= 4 is 11.8 Å². The normalized spacial score (nSPS) is 42.0. The van der Waals surface area contributed by atoms with E-state index in [1.165, 1.54) is 37.7 Å². The number of hydrogen-bond acceptors (Lipinski definition) is 2. The van der Waals surface area contributed by atoms with Crippen molar-refractivity contribution in [3.8, 4) is 0 Å². The van der Waals surface area contributed by atoms with Crippen LogP contribution in [0.2, 0.25) is 0 Å². The number of carbonyl (C=O) groups is 2. The van der Waals surface area contributed by atoms with E-state index < -0.39 is 5.97 Å². The molecule has 166 valence electrons. The molecule has 4 aliphatic carbocycles. The lowest BCUT2D eigenvalue weighted by molar-refractivity contribution is -0.141. The van der Waals surface area contributed by atoms with Gasteiger partial charge in [0.15, 0.2) is 5.78 Å². The summed E-state index contributed by atoms with van der Waals surface area (Å²) in [6.45, 7) is 9.23. The van der Waals surface area contributed by atoms with Crippen LogP contribution >= 0.6 is 0 Å². The van der Waals surface area contributed by atoms with E-state index in [1.54, 1.807) is 0 Å². The van der Waals surface area contributed by atoms with E-state index in [2.05, 4.69) is 26.8 Å². The van der Waals surface area contributed by atoms with Crippen LogP contribution in [0.1, 0.15) is 85.5 Å². The Balaban J connectivity index is 1.45. The predicted octanol–water partition coefficient (Wildman–Crippen LogP) is 6.44. The molecule has 8 atom stereocenters. The fourth-order valence-electron chi connectivity index (χ4n) is 8.24. The Morgan fingerprint density at radius 3 is 2.63 bits per heavy atom. The van der Waals surface area contributed by atoms with Crippen molar-refractivity contribution in [2.24, 2.45) is 46.3 Å². The highest BCUT2D eigenvalue weighted by atomic mass is 16.4. The number of carboxylic acid groups (broad SMARTS) is 1. The van der Waals surface area contributed by atoms with E-state index in [9.17, 15) is 9.59 Å². The summed E-state index contributed by atoms with van der Waals surface area (Å²) in [6.07, 6.45) is 16.6. The van der Waals surface area contributed by atoms with Gasteiger partial charge in [-0.2, -0.15) is 0 Å². The van der Waals surface area contributed by atoms with Crippen LogP contribution in [0.5, 0.6) is 0 Å². The van der Waals surface area contributed by atoms with Crippen molar-refractivity contribution in [1.82, 2.24) is 0 Å². The zero-order valence-electron chi connectivity index (χ0n) is 19.3. The molecule has 0 radical (unpaired) electrons. The fourth-order valence-corrected chi connectivity index (χ4v) is 8.24. The second kappa shape index (κ2) is 7.95. The van der Waals surface area contributed by atoms with Gasteiger partial charge in [0, 0.05) is 5.41 Å². The third kappa shape index (κ3) is 3.50. The van der Waals surface area contributed by atoms with Gasteiger partial charge in [-0.05, 0) is 92.1 Å². The van der Waals surface area contributed by atoms with E-state index in [-0.39, 0.29) is 17.1 Å². The van der Waals surface area contributed by atoms with E-state index >= 15 is 0 Å². The Bertz CT molecular complexity index is 764. The first-order valence-corrected chi connectivity index (χ1v) is 12.3. The van der Waals surface area contributed by atoms with E-state index in [4.69, 9.17) is 5.11 Å². The molecule has 4 aliphatic rings. The standard InChI is InChI=1S/C27H40O3/c1-17(6-5-7-18(2)25(29)30)22-10-11-23-21-9-8-19-16-20(28)12-14-26(19,3)24(21)13-15-27(22,23)4/h12,14,16-18,21-24H,5-11,13,15H2,1-4H3,(H,29,30)/t17-,18+,21+,22-,23+,24+,26+,27-/m1/s1. The molecule has 0 unspecified atom stereocenters. The number of rotatable bonds is 6. The summed E-state index contributed by atoms with van der Waals surface area (Å²) >= 11 is 0. The molecule has 3 fully saturated rings. The first kappa shape index (κ1) is 21.8. The minimum atomic E-state index is -0.661. The summed E-state index contributed by atoms with van der Waals surface area (Å²) in [7, 11) is 0. The van der Waals surface area contributed by atoms with Crippen LogP contribution in [0.3, 0.4) is 0 Å². The number of allylic oxidation sites excluding steroid dienone is 4. The molecular weight excluding hydrogens is 372 g/mol. The van der Waals surface area contributed by atoms with Crippen LogP contribution in [0.15, 0.2) is 23.8 Å². The molecule has 0 bridgehead atoms. The van der Waals surface area contributed by atoms with Gasteiger partial charge in [0.05, 0.1) is 5.92 Å². The predicted molar refractivity (Wildman–Crippen MR) is 120 cm³/mol. The fraction of sp³-hybridized carbons (Fsp3) is 0.778. The van der Waals surface area contributed by atoms with E-state index in [1.807, 2.05) is 19.1 Å². The molecule has 0 aromatic carbocycles. The molecule has 3 nitrogen and oxygen atoms in total. The molecule has 0 amide bonds. The molecule has 0 aromatic rings. The van der Waals surface area contributed by atoms with Crippen molar-refractivity contribution < 1.29 is 14.7 Å². The summed E-state index contributed by atoms with van der Waals surface area (Å²) in [5.41, 5.74) is 1.91. The maximum atomic E-state index is 11.9. The van der Waals surface area contributed by atoms with Gasteiger partial charge in [-0.25, -0.2) is 0 Å². The van der Waals surface area contributed by atoms with Crippen molar-refractivity contribution in [2.45, 2.75) is 85.5 Å². The van der Waals surface area contributed by atoms with Gasteiger partial charge < -0.3 is 5.11 Å². The SMILES string of the molecule is C[C@H](CCC[C@H](C)C(=O)O)[C@H]1CC[C@H]2[C@@H]3CCC4=CC(=O)C=C[C@]4(C)[C@H]3CC[C@]12C.